The second-order valence-electron chi connectivity index (χ2n) is 18.0. The Hall–Kier alpha value is -3.92. The number of phenolic OH excluding ortho intramolecular Hbond substituents is 4. The number of phenols is 4. The van der Waals surface area contributed by atoms with Crippen LogP contribution in [-0.4, -0.2) is 20.4 Å². The highest BCUT2D eigenvalue weighted by molar-refractivity contribution is 5.33. The number of unbranched alkanes of at least 4 members (excludes halogenated alkanes) is 24. The van der Waals surface area contributed by atoms with Crippen LogP contribution in [0.2, 0.25) is 0 Å². The summed E-state index contributed by atoms with van der Waals surface area (Å²) in [6.45, 7) is 8.99. The molecular weight excluding hydrogens is 785 g/mol. The standard InChI is InChI=1S/4C15H24O/c4*1-2-3-4-5-6-7-8-11-14-12-9-10-13-15(14)16/h4*9-10,12-13,16H,2-8,11H2,1H3. The van der Waals surface area contributed by atoms with Crippen LogP contribution in [0, 0.1) is 0 Å². The SMILES string of the molecule is CCCCCCCCCc1ccccc1O.CCCCCCCCCc1ccccc1O.CCCCCCCCCc1ccccc1O.CCCCCCCCCc1ccccc1O. The Kier molecular flexibility index (Phi) is 39.0. The Bertz CT molecular complexity index is 1360. The number of hydrogen-bond acceptors (Lipinski definition) is 4. The van der Waals surface area contributed by atoms with E-state index >= 15 is 0 Å². The summed E-state index contributed by atoms with van der Waals surface area (Å²) in [5.41, 5.74) is 4.37. The van der Waals surface area contributed by atoms with E-state index in [2.05, 4.69) is 27.7 Å². The lowest BCUT2D eigenvalue weighted by atomic mass is 10.0. The first-order valence-corrected chi connectivity index (χ1v) is 26.4. The molecule has 0 aliphatic rings. The molecule has 360 valence electrons. The molecule has 0 saturated carbocycles. The number of aryl methyl sites for hydroxylation is 4. The van der Waals surface area contributed by atoms with Gasteiger partial charge >= 0.3 is 0 Å². The van der Waals surface area contributed by atoms with Crippen molar-refractivity contribution in [3.8, 4) is 23.0 Å². The summed E-state index contributed by atoms with van der Waals surface area (Å²) in [5.74, 6) is 1.81. The van der Waals surface area contributed by atoms with Crippen molar-refractivity contribution in [2.24, 2.45) is 0 Å². The second-order valence-corrected chi connectivity index (χ2v) is 18.0. The van der Waals surface area contributed by atoms with Gasteiger partial charge in [0, 0.05) is 0 Å². The smallest absolute Gasteiger partial charge is 0.118 e. The maximum Gasteiger partial charge on any atom is 0.118 e. The summed E-state index contributed by atoms with van der Waals surface area (Å²) in [6.07, 6.45) is 41.1. The molecule has 4 aromatic rings. The molecule has 0 amide bonds. The topological polar surface area (TPSA) is 80.9 Å². The molecule has 0 aliphatic heterocycles. The molecule has 0 bridgehead atoms. The first-order chi connectivity index (χ1) is 31.4. The predicted molar refractivity (Wildman–Crippen MR) is 279 cm³/mol. The summed E-state index contributed by atoms with van der Waals surface area (Å²) < 4.78 is 0. The molecule has 64 heavy (non-hydrogen) atoms. The van der Waals surface area contributed by atoms with E-state index in [1.165, 1.54) is 180 Å². The molecule has 4 rings (SSSR count). The van der Waals surface area contributed by atoms with Crippen molar-refractivity contribution in [3.05, 3.63) is 119 Å². The molecule has 0 unspecified atom stereocenters. The number of para-hydroxylation sites is 4. The molecule has 0 saturated heterocycles. The molecule has 0 spiro atoms. The van der Waals surface area contributed by atoms with Gasteiger partial charge in [0.2, 0.25) is 0 Å². The van der Waals surface area contributed by atoms with Gasteiger partial charge in [0.05, 0.1) is 0 Å². The first-order valence-electron chi connectivity index (χ1n) is 26.4. The summed E-state index contributed by atoms with van der Waals surface area (Å²) >= 11 is 0. The second kappa shape index (κ2) is 43.0. The zero-order valence-corrected chi connectivity index (χ0v) is 41.7. The van der Waals surface area contributed by atoms with E-state index in [0.717, 1.165) is 47.9 Å². The van der Waals surface area contributed by atoms with Crippen molar-refractivity contribution in [3.63, 3.8) is 0 Å². The van der Waals surface area contributed by atoms with Gasteiger partial charge in [-0.15, -0.1) is 0 Å². The highest BCUT2D eigenvalue weighted by Crippen LogP contribution is 2.22. The molecule has 4 heteroatoms. The minimum absolute atomic E-state index is 0.452. The van der Waals surface area contributed by atoms with Crippen LogP contribution in [0.4, 0.5) is 0 Å². The minimum Gasteiger partial charge on any atom is -0.508 e. The van der Waals surface area contributed by atoms with Gasteiger partial charge in [-0.3, -0.25) is 0 Å². The molecular formula is C60H96O4. The lowest BCUT2D eigenvalue weighted by Gasteiger charge is -2.04. The number of aromatic hydroxyl groups is 4. The summed E-state index contributed by atoms with van der Waals surface area (Å²) in [5, 5.41) is 38.3. The summed E-state index contributed by atoms with van der Waals surface area (Å²) in [4.78, 5) is 0. The zero-order chi connectivity index (χ0) is 46.6. The quantitative estimate of drug-likeness (QED) is 0.0368. The van der Waals surface area contributed by atoms with Crippen molar-refractivity contribution >= 4 is 0 Å². The average molecular weight is 881 g/mol. The lowest BCUT2D eigenvalue weighted by Crippen LogP contribution is -1.87. The van der Waals surface area contributed by atoms with Gasteiger partial charge in [-0.05, 0) is 97.9 Å². The Balaban J connectivity index is 0.000000427. The molecule has 0 aliphatic carbocycles. The Morgan fingerprint density at radius 3 is 0.547 bits per heavy atom. The molecule has 4 aromatic carbocycles. The van der Waals surface area contributed by atoms with E-state index in [1.54, 1.807) is 24.3 Å². The minimum atomic E-state index is 0.452. The van der Waals surface area contributed by atoms with E-state index in [1.807, 2.05) is 72.8 Å². The largest absolute Gasteiger partial charge is 0.508 e. The van der Waals surface area contributed by atoms with Crippen molar-refractivity contribution in [2.75, 3.05) is 0 Å². The van der Waals surface area contributed by atoms with Crippen LogP contribution in [0.3, 0.4) is 0 Å². The Morgan fingerprint density at radius 2 is 0.375 bits per heavy atom. The molecule has 4 N–H and O–H groups in total. The first kappa shape index (κ1) is 58.1. The number of benzene rings is 4. The van der Waals surface area contributed by atoms with E-state index in [4.69, 9.17) is 0 Å². The molecule has 0 radical (unpaired) electrons. The van der Waals surface area contributed by atoms with Gasteiger partial charge in [-0.1, -0.05) is 255 Å². The fourth-order valence-corrected chi connectivity index (χ4v) is 7.98. The third-order valence-corrected chi connectivity index (χ3v) is 12.2. The van der Waals surface area contributed by atoms with Gasteiger partial charge < -0.3 is 20.4 Å². The van der Waals surface area contributed by atoms with Crippen molar-refractivity contribution in [1.82, 2.24) is 0 Å². The third-order valence-electron chi connectivity index (χ3n) is 12.2. The van der Waals surface area contributed by atoms with Crippen LogP contribution < -0.4 is 0 Å². The summed E-state index contributed by atoms with van der Waals surface area (Å²) in [7, 11) is 0. The van der Waals surface area contributed by atoms with Crippen LogP contribution in [-0.2, 0) is 25.7 Å². The van der Waals surface area contributed by atoms with E-state index in [9.17, 15) is 20.4 Å². The molecule has 0 atom stereocenters. The number of hydrogen-bond donors (Lipinski definition) is 4. The number of rotatable bonds is 32. The monoisotopic (exact) mass is 881 g/mol. The maximum absolute atomic E-state index is 9.58. The molecule has 0 fully saturated rings. The molecule has 0 heterocycles. The zero-order valence-electron chi connectivity index (χ0n) is 41.7. The van der Waals surface area contributed by atoms with E-state index in [0.29, 0.717) is 23.0 Å². The van der Waals surface area contributed by atoms with Crippen LogP contribution in [0.15, 0.2) is 97.1 Å². The normalized spacial score (nSPS) is 10.6. The highest BCUT2D eigenvalue weighted by Gasteiger charge is 2.02. The van der Waals surface area contributed by atoms with Crippen molar-refractivity contribution in [1.29, 1.82) is 0 Å². The van der Waals surface area contributed by atoms with Crippen LogP contribution in [0.1, 0.15) is 230 Å². The van der Waals surface area contributed by atoms with Crippen LogP contribution in [0.25, 0.3) is 0 Å². The van der Waals surface area contributed by atoms with Gasteiger partial charge in [0.1, 0.15) is 23.0 Å². The molecule has 4 nitrogen and oxygen atoms in total. The third kappa shape index (κ3) is 32.7. The van der Waals surface area contributed by atoms with Crippen LogP contribution >= 0.6 is 0 Å². The van der Waals surface area contributed by atoms with Crippen molar-refractivity contribution < 1.29 is 20.4 Å². The maximum atomic E-state index is 9.58. The van der Waals surface area contributed by atoms with Gasteiger partial charge in [-0.25, -0.2) is 0 Å². The lowest BCUT2D eigenvalue weighted by molar-refractivity contribution is 0.465. The van der Waals surface area contributed by atoms with E-state index < -0.39 is 0 Å². The summed E-state index contributed by atoms with van der Waals surface area (Å²) in [6, 6.07) is 30.7. The Morgan fingerprint density at radius 1 is 0.219 bits per heavy atom. The average Bonchev–Trinajstić information content (AvgIpc) is 3.31. The Labute approximate surface area is 394 Å². The van der Waals surface area contributed by atoms with Gasteiger partial charge in [0.25, 0.3) is 0 Å². The van der Waals surface area contributed by atoms with E-state index in [-0.39, 0.29) is 0 Å². The fourth-order valence-electron chi connectivity index (χ4n) is 7.98. The predicted octanol–water partition coefficient (Wildman–Crippen LogP) is 18.7. The van der Waals surface area contributed by atoms with Gasteiger partial charge in [-0.2, -0.15) is 0 Å². The van der Waals surface area contributed by atoms with Crippen LogP contribution in [0.5, 0.6) is 23.0 Å². The highest BCUT2D eigenvalue weighted by atomic mass is 16.3. The fraction of sp³-hybridized carbons (Fsp3) is 0.600. The van der Waals surface area contributed by atoms with Gasteiger partial charge in [0.15, 0.2) is 0 Å². The molecule has 0 aromatic heterocycles. The van der Waals surface area contributed by atoms with Crippen molar-refractivity contribution in [2.45, 2.75) is 233 Å².